The standard InChI is InChI=1S/C11H14N2O8S2/c1-12(7-10(14)15)11(16)21-13(22(17)18)8-5-3-4-6-9(8)23(2,19)20/h3-6H,7H2,1-2H3,(H,14,15)(H,17,18)/p-1. The van der Waals surface area contributed by atoms with Gasteiger partial charge in [-0.25, -0.2) is 17.4 Å². The van der Waals surface area contributed by atoms with Gasteiger partial charge in [-0.15, -0.1) is 4.47 Å². The van der Waals surface area contributed by atoms with Crippen LogP contribution in [0.15, 0.2) is 29.2 Å². The molecule has 1 aromatic rings. The summed E-state index contributed by atoms with van der Waals surface area (Å²) >= 11 is -3.15. The Balaban J connectivity index is 3.18. The number of hydrogen-bond acceptors (Lipinski definition) is 7. The van der Waals surface area contributed by atoms with E-state index >= 15 is 0 Å². The molecule has 0 aliphatic heterocycles. The number of benzene rings is 1. The van der Waals surface area contributed by atoms with Gasteiger partial charge < -0.3 is 14.5 Å². The predicted molar refractivity (Wildman–Crippen MR) is 77.7 cm³/mol. The maximum atomic E-state index is 11.7. The highest BCUT2D eigenvalue weighted by atomic mass is 32.2. The van der Waals surface area contributed by atoms with Crippen LogP contribution in [0.3, 0.4) is 0 Å². The number of hydrogen-bond donors (Lipinski definition) is 1. The monoisotopic (exact) mass is 365 g/mol. The Kier molecular flexibility index (Phi) is 6.06. The van der Waals surface area contributed by atoms with Gasteiger partial charge in [0, 0.05) is 13.3 Å². The van der Waals surface area contributed by atoms with Crippen molar-refractivity contribution in [2.24, 2.45) is 0 Å². The summed E-state index contributed by atoms with van der Waals surface area (Å²) in [5.41, 5.74) is -0.402. The van der Waals surface area contributed by atoms with Crippen LogP contribution < -0.4 is 4.47 Å². The summed E-state index contributed by atoms with van der Waals surface area (Å²) in [6.45, 7) is -0.730. The van der Waals surface area contributed by atoms with Crippen molar-refractivity contribution in [1.29, 1.82) is 0 Å². The molecule has 0 saturated carbocycles. The highest BCUT2D eigenvalue weighted by molar-refractivity contribution is 7.91. The van der Waals surface area contributed by atoms with E-state index in [1.165, 1.54) is 12.1 Å². The molecule has 0 aliphatic carbocycles. The lowest BCUT2D eigenvalue weighted by atomic mass is 10.3. The number of amides is 1. The largest absolute Gasteiger partial charge is 0.753 e. The first-order valence-corrected chi connectivity index (χ1v) is 8.79. The van der Waals surface area contributed by atoms with Crippen LogP contribution in [0.25, 0.3) is 0 Å². The van der Waals surface area contributed by atoms with Crippen LogP contribution >= 0.6 is 0 Å². The minimum Gasteiger partial charge on any atom is -0.753 e. The van der Waals surface area contributed by atoms with Crippen molar-refractivity contribution in [3.05, 3.63) is 24.3 Å². The molecule has 0 fully saturated rings. The lowest BCUT2D eigenvalue weighted by molar-refractivity contribution is -0.137. The number of carbonyl (C=O) groups excluding carboxylic acids is 1. The molecule has 1 N–H and O–H groups in total. The van der Waals surface area contributed by atoms with E-state index in [1.54, 1.807) is 0 Å². The second kappa shape index (κ2) is 7.39. The van der Waals surface area contributed by atoms with Crippen LogP contribution in [0.4, 0.5) is 10.5 Å². The summed E-state index contributed by atoms with van der Waals surface area (Å²) in [7, 11) is -2.73. The average Bonchev–Trinajstić information content (AvgIpc) is 2.42. The van der Waals surface area contributed by atoms with Crippen molar-refractivity contribution >= 4 is 38.9 Å². The van der Waals surface area contributed by atoms with Gasteiger partial charge in [-0.3, -0.25) is 9.69 Å². The first-order chi connectivity index (χ1) is 10.5. The lowest BCUT2D eigenvalue weighted by Crippen LogP contribution is -2.39. The van der Waals surface area contributed by atoms with Crippen molar-refractivity contribution < 1.29 is 36.7 Å². The summed E-state index contributed by atoms with van der Waals surface area (Å²) in [5.74, 6) is -1.34. The van der Waals surface area contributed by atoms with Crippen molar-refractivity contribution in [2.75, 3.05) is 24.3 Å². The number of nitrogens with zero attached hydrogens (tertiary/aromatic N) is 2. The molecular weight excluding hydrogens is 352 g/mol. The Morgan fingerprint density at radius 3 is 2.39 bits per heavy atom. The van der Waals surface area contributed by atoms with Gasteiger partial charge in [0.2, 0.25) is 0 Å². The van der Waals surface area contributed by atoms with Gasteiger partial charge >= 0.3 is 12.1 Å². The third kappa shape index (κ3) is 5.19. The number of para-hydroxylation sites is 1. The summed E-state index contributed by atoms with van der Waals surface area (Å²) < 4.78 is 46.0. The third-order valence-corrected chi connectivity index (χ3v) is 4.13. The number of carboxylic acid groups (broad SMARTS) is 1. The first-order valence-electron chi connectivity index (χ1n) is 5.87. The second-order valence-electron chi connectivity index (χ2n) is 4.32. The zero-order chi connectivity index (χ0) is 17.8. The molecule has 23 heavy (non-hydrogen) atoms. The molecule has 1 atom stereocenters. The van der Waals surface area contributed by atoms with E-state index in [0.29, 0.717) is 4.90 Å². The van der Waals surface area contributed by atoms with Gasteiger partial charge in [0.1, 0.15) is 12.2 Å². The Hall–Kier alpha value is -2.18. The van der Waals surface area contributed by atoms with Crippen molar-refractivity contribution in [1.82, 2.24) is 4.90 Å². The molecular formula is C11H13N2O8S2-. The Bertz CT molecular complexity index is 733. The highest BCUT2D eigenvalue weighted by Crippen LogP contribution is 2.26. The molecule has 0 heterocycles. The smallest absolute Gasteiger partial charge is 0.435 e. The molecule has 1 unspecified atom stereocenters. The normalized spacial score (nSPS) is 12.3. The fraction of sp³-hybridized carbons (Fsp3) is 0.273. The van der Waals surface area contributed by atoms with Crippen molar-refractivity contribution in [3.8, 4) is 0 Å². The van der Waals surface area contributed by atoms with E-state index in [4.69, 9.17) is 5.11 Å². The number of anilines is 1. The summed E-state index contributed by atoms with van der Waals surface area (Å²) in [6, 6.07) is 4.97. The van der Waals surface area contributed by atoms with E-state index in [1.807, 2.05) is 0 Å². The molecule has 12 heteroatoms. The molecule has 10 nitrogen and oxygen atoms in total. The van der Waals surface area contributed by atoms with Crippen LogP contribution in [0, 0.1) is 0 Å². The number of sulfone groups is 1. The number of likely N-dealkylation sites (N-methyl/N-ethyl adjacent to an activating group) is 1. The summed E-state index contributed by atoms with van der Waals surface area (Å²) in [4.78, 5) is 27.0. The molecule has 0 saturated heterocycles. The SMILES string of the molecule is CN(CC(=O)O)C(=O)ON(c1ccccc1S(C)(=O)=O)S(=O)[O-]. The number of rotatable bonds is 6. The van der Waals surface area contributed by atoms with E-state index < -0.39 is 45.4 Å². The second-order valence-corrected chi connectivity index (χ2v) is 7.07. The van der Waals surface area contributed by atoms with Gasteiger partial charge in [-0.05, 0) is 12.1 Å². The van der Waals surface area contributed by atoms with Gasteiger partial charge in [-0.2, -0.15) is 0 Å². The molecule has 0 aromatic heterocycles. The maximum absolute atomic E-state index is 11.7. The molecule has 128 valence electrons. The van der Waals surface area contributed by atoms with E-state index in [-0.39, 0.29) is 9.36 Å². The molecule has 1 rings (SSSR count). The minimum absolute atomic E-state index is 0.0665. The zero-order valence-corrected chi connectivity index (χ0v) is 13.7. The molecule has 1 amide bonds. The Morgan fingerprint density at radius 1 is 1.35 bits per heavy atom. The average molecular weight is 365 g/mol. The lowest BCUT2D eigenvalue weighted by Gasteiger charge is -2.27. The topological polar surface area (TPSA) is 144 Å². The predicted octanol–water partition coefficient (Wildman–Crippen LogP) is -0.241. The Morgan fingerprint density at radius 2 is 1.91 bits per heavy atom. The summed E-state index contributed by atoms with van der Waals surface area (Å²) in [6.07, 6.45) is -0.435. The van der Waals surface area contributed by atoms with Gasteiger partial charge in [0.15, 0.2) is 9.84 Å². The molecule has 0 aliphatic rings. The van der Waals surface area contributed by atoms with Crippen LogP contribution in [-0.2, 0) is 30.7 Å². The quantitative estimate of drug-likeness (QED) is 0.537. The van der Waals surface area contributed by atoms with E-state index in [0.717, 1.165) is 25.4 Å². The van der Waals surface area contributed by atoms with E-state index in [9.17, 15) is 26.8 Å². The summed E-state index contributed by atoms with van der Waals surface area (Å²) in [5, 5.41) is 8.58. The Labute approximate surface area is 134 Å². The van der Waals surface area contributed by atoms with Crippen LogP contribution in [0.2, 0.25) is 0 Å². The molecule has 0 radical (unpaired) electrons. The molecule has 0 bridgehead atoms. The van der Waals surface area contributed by atoms with E-state index in [2.05, 4.69) is 4.84 Å². The first kappa shape index (κ1) is 18.9. The number of aliphatic carboxylic acids is 1. The van der Waals surface area contributed by atoms with Crippen LogP contribution in [0.1, 0.15) is 0 Å². The zero-order valence-electron chi connectivity index (χ0n) is 12.0. The van der Waals surface area contributed by atoms with Gasteiger partial charge in [0.25, 0.3) is 0 Å². The number of carboxylic acids is 1. The maximum Gasteiger partial charge on any atom is 0.435 e. The van der Waals surface area contributed by atoms with Crippen molar-refractivity contribution in [2.45, 2.75) is 4.90 Å². The fourth-order valence-corrected chi connectivity index (χ4v) is 2.85. The van der Waals surface area contributed by atoms with Crippen LogP contribution in [0.5, 0.6) is 0 Å². The van der Waals surface area contributed by atoms with Crippen molar-refractivity contribution in [3.63, 3.8) is 0 Å². The number of carbonyl (C=O) groups is 2. The van der Waals surface area contributed by atoms with Crippen LogP contribution in [-0.4, -0.2) is 59.1 Å². The minimum atomic E-state index is -3.80. The highest BCUT2D eigenvalue weighted by Gasteiger charge is 2.24. The molecule has 0 spiro atoms. The van der Waals surface area contributed by atoms with Gasteiger partial charge in [0.05, 0.1) is 16.2 Å². The van der Waals surface area contributed by atoms with Gasteiger partial charge in [-0.1, -0.05) is 12.1 Å². The fourth-order valence-electron chi connectivity index (χ4n) is 1.49. The third-order valence-electron chi connectivity index (χ3n) is 2.44. The molecule has 1 aromatic carbocycles.